The topological polar surface area (TPSA) is 42.7 Å². The van der Waals surface area contributed by atoms with Crippen LogP contribution in [0.2, 0.25) is 0 Å². The number of hydrogen-bond acceptors (Lipinski definition) is 3. The van der Waals surface area contributed by atoms with Crippen LogP contribution in [0.15, 0.2) is 36.5 Å². The number of halogens is 1. The van der Waals surface area contributed by atoms with E-state index in [-0.39, 0.29) is 11.7 Å². The molecule has 1 aliphatic heterocycles. The van der Waals surface area contributed by atoms with Crippen LogP contribution in [0, 0.1) is 5.82 Å². The second kappa shape index (κ2) is 4.03. The molecule has 0 aliphatic carbocycles. The summed E-state index contributed by atoms with van der Waals surface area (Å²) in [6.45, 7) is 2.82. The van der Waals surface area contributed by atoms with Gasteiger partial charge in [0.05, 0.1) is 5.69 Å². The van der Waals surface area contributed by atoms with E-state index in [1.807, 2.05) is 22.8 Å². The summed E-state index contributed by atoms with van der Waals surface area (Å²) in [6, 6.07) is 8.94. The Balaban J connectivity index is 1.97. The maximum atomic E-state index is 14.1. The molecule has 0 bridgehead atoms. The number of aromatic nitrogens is 3. The first-order valence-electron chi connectivity index (χ1n) is 6.61. The van der Waals surface area contributed by atoms with Crippen molar-refractivity contribution in [2.45, 2.75) is 19.4 Å². The molecule has 20 heavy (non-hydrogen) atoms. The molecule has 3 heterocycles. The van der Waals surface area contributed by atoms with Crippen molar-refractivity contribution in [3.63, 3.8) is 0 Å². The largest absolute Gasteiger partial charge is 0.323 e. The van der Waals surface area contributed by atoms with Crippen LogP contribution in [0.1, 0.15) is 18.4 Å². The van der Waals surface area contributed by atoms with Crippen LogP contribution in [0.25, 0.3) is 11.2 Å². The molecule has 0 radical (unpaired) electrons. The Kier molecular flexibility index (Phi) is 2.30. The van der Waals surface area contributed by atoms with Crippen molar-refractivity contribution in [1.29, 1.82) is 0 Å². The quantitative estimate of drug-likeness (QED) is 0.679. The molecule has 100 valence electrons. The van der Waals surface area contributed by atoms with Gasteiger partial charge in [0.25, 0.3) is 0 Å². The van der Waals surface area contributed by atoms with Crippen molar-refractivity contribution < 1.29 is 4.39 Å². The number of anilines is 2. The minimum atomic E-state index is -0.247. The van der Waals surface area contributed by atoms with E-state index in [0.717, 1.165) is 23.3 Å². The number of rotatable bonds is 0. The molecule has 5 heteroatoms. The van der Waals surface area contributed by atoms with Gasteiger partial charge in [-0.15, -0.1) is 0 Å². The van der Waals surface area contributed by atoms with Gasteiger partial charge in [0.15, 0.2) is 5.65 Å². The average Bonchev–Trinajstić information content (AvgIpc) is 2.71. The van der Waals surface area contributed by atoms with Crippen molar-refractivity contribution in [3.05, 3.63) is 47.9 Å². The van der Waals surface area contributed by atoms with E-state index in [0.29, 0.717) is 11.6 Å². The van der Waals surface area contributed by atoms with Crippen LogP contribution < -0.4 is 5.32 Å². The molecule has 0 saturated heterocycles. The fraction of sp³-hybridized carbons (Fsp3) is 0.200. The fourth-order valence-electron chi connectivity index (χ4n) is 2.79. The van der Waals surface area contributed by atoms with Gasteiger partial charge >= 0.3 is 0 Å². The predicted octanol–water partition coefficient (Wildman–Crippen LogP) is 3.43. The van der Waals surface area contributed by atoms with E-state index in [1.54, 1.807) is 12.3 Å². The first-order chi connectivity index (χ1) is 9.74. The Bertz CT molecular complexity index is 809. The maximum absolute atomic E-state index is 14.1. The number of benzene rings is 1. The van der Waals surface area contributed by atoms with Gasteiger partial charge in [0.1, 0.15) is 11.3 Å². The van der Waals surface area contributed by atoms with E-state index in [2.05, 4.69) is 22.2 Å². The molecule has 3 aromatic rings. The zero-order chi connectivity index (χ0) is 13.7. The summed E-state index contributed by atoms with van der Waals surface area (Å²) in [5.41, 5.74) is 3.14. The first kappa shape index (κ1) is 11.4. The monoisotopic (exact) mass is 268 g/mol. The minimum absolute atomic E-state index is 0.189. The normalized spacial score (nSPS) is 17.2. The highest BCUT2D eigenvalue weighted by molar-refractivity contribution is 5.77. The van der Waals surface area contributed by atoms with Crippen LogP contribution in [0.5, 0.6) is 0 Å². The molecular weight excluding hydrogens is 255 g/mol. The molecule has 1 aliphatic rings. The van der Waals surface area contributed by atoms with Gasteiger partial charge in [-0.3, -0.25) is 4.57 Å². The number of nitrogens with one attached hydrogen (secondary N) is 1. The molecular formula is C15H13FN4. The van der Waals surface area contributed by atoms with Crippen molar-refractivity contribution in [2.75, 3.05) is 5.32 Å². The molecule has 1 unspecified atom stereocenters. The second-order valence-electron chi connectivity index (χ2n) is 5.12. The summed E-state index contributed by atoms with van der Waals surface area (Å²) in [7, 11) is 0. The van der Waals surface area contributed by atoms with Crippen LogP contribution in [-0.4, -0.2) is 14.5 Å². The van der Waals surface area contributed by atoms with E-state index in [1.165, 1.54) is 6.07 Å². The summed E-state index contributed by atoms with van der Waals surface area (Å²) in [6.07, 6.45) is 1.75. The Labute approximate surface area is 115 Å². The third kappa shape index (κ3) is 1.52. The third-order valence-electron chi connectivity index (χ3n) is 3.77. The van der Waals surface area contributed by atoms with Crippen molar-refractivity contribution in [3.8, 4) is 0 Å². The number of imidazole rings is 1. The average molecular weight is 268 g/mol. The number of para-hydroxylation sites is 1. The highest BCUT2D eigenvalue weighted by Crippen LogP contribution is 2.35. The van der Waals surface area contributed by atoms with Gasteiger partial charge in [0, 0.05) is 18.7 Å². The van der Waals surface area contributed by atoms with Gasteiger partial charge in [-0.25, -0.2) is 14.4 Å². The van der Waals surface area contributed by atoms with Gasteiger partial charge in [-0.1, -0.05) is 19.1 Å². The van der Waals surface area contributed by atoms with Crippen molar-refractivity contribution in [1.82, 2.24) is 14.5 Å². The standard InChI is InChI=1S/C15H13FN4/c1-9-8-20-14-12(6-3-7-17-14)18-15(20)19-13-10(9)4-2-5-11(13)16/h2-7,9H,8H2,1H3,(H,18,19). The van der Waals surface area contributed by atoms with Gasteiger partial charge in [-0.05, 0) is 23.8 Å². The summed E-state index contributed by atoms with van der Waals surface area (Å²) < 4.78 is 16.1. The molecule has 1 aromatic carbocycles. The van der Waals surface area contributed by atoms with Crippen LogP contribution in [0.3, 0.4) is 0 Å². The Morgan fingerprint density at radius 3 is 3.10 bits per heavy atom. The highest BCUT2D eigenvalue weighted by Gasteiger charge is 2.23. The van der Waals surface area contributed by atoms with E-state index in [4.69, 9.17) is 0 Å². The SMILES string of the molecule is CC1Cn2c(nc3cccnc32)Nc2c(F)cccc21. The molecule has 0 fully saturated rings. The first-order valence-corrected chi connectivity index (χ1v) is 6.61. The molecule has 0 saturated carbocycles. The summed E-state index contributed by atoms with van der Waals surface area (Å²) >= 11 is 0. The smallest absolute Gasteiger partial charge is 0.209 e. The summed E-state index contributed by atoms with van der Waals surface area (Å²) in [5, 5.41) is 3.13. The number of hydrogen-bond donors (Lipinski definition) is 1. The van der Waals surface area contributed by atoms with Crippen LogP contribution in [0.4, 0.5) is 16.0 Å². The van der Waals surface area contributed by atoms with Gasteiger partial charge in [0.2, 0.25) is 5.95 Å². The lowest BCUT2D eigenvalue weighted by Crippen LogP contribution is -2.04. The van der Waals surface area contributed by atoms with Gasteiger partial charge in [-0.2, -0.15) is 0 Å². The molecule has 0 spiro atoms. The fourth-order valence-corrected chi connectivity index (χ4v) is 2.79. The van der Waals surface area contributed by atoms with Crippen molar-refractivity contribution >= 4 is 22.8 Å². The number of nitrogens with zero attached hydrogens (tertiary/aromatic N) is 3. The lowest BCUT2D eigenvalue weighted by atomic mass is 9.99. The van der Waals surface area contributed by atoms with E-state index < -0.39 is 0 Å². The molecule has 0 amide bonds. The Morgan fingerprint density at radius 1 is 1.30 bits per heavy atom. The van der Waals surface area contributed by atoms with Crippen LogP contribution in [-0.2, 0) is 6.54 Å². The molecule has 1 atom stereocenters. The highest BCUT2D eigenvalue weighted by atomic mass is 19.1. The zero-order valence-electron chi connectivity index (χ0n) is 11.0. The number of fused-ring (bicyclic) bond motifs is 4. The van der Waals surface area contributed by atoms with E-state index in [9.17, 15) is 4.39 Å². The molecule has 1 N–H and O–H groups in total. The zero-order valence-corrected chi connectivity index (χ0v) is 11.0. The third-order valence-corrected chi connectivity index (χ3v) is 3.77. The molecule has 4 nitrogen and oxygen atoms in total. The second-order valence-corrected chi connectivity index (χ2v) is 5.12. The van der Waals surface area contributed by atoms with E-state index >= 15 is 0 Å². The minimum Gasteiger partial charge on any atom is -0.323 e. The number of pyridine rings is 1. The Hall–Kier alpha value is -2.43. The Morgan fingerprint density at radius 2 is 2.20 bits per heavy atom. The predicted molar refractivity (Wildman–Crippen MR) is 75.6 cm³/mol. The lowest BCUT2D eigenvalue weighted by Gasteiger charge is -2.12. The summed E-state index contributed by atoms with van der Waals surface area (Å²) in [5.74, 6) is 0.589. The molecule has 2 aromatic heterocycles. The van der Waals surface area contributed by atoms with Gasteiger partial charge < -0.3 is 5.32 Å². The molecule has 4 rings (SSSR count). The lowest BCUT2D eigenvalue weighted by molar-refractivity contribution is 0.611. The van der Waals surface area contributed by atoms with Crippen molar-refractivity contribution in [2.24, 2.45) is 0 Å². The summed E-state index contributed by atoms with van der Waals surface area (Å²) in [4.78, 5) is 8.89. The van der Waals surface area contributed by atoms with Crippen LogP contribution >= 0.6 is 0 Å². The maximum Gasteiger partial charge on any atom is 0.209 e.